The largest absolute Gasteiger partial charge is 0.356 e. The monoisotopic (exact) mass is 414 g/mol. The van der Waals surface area contributed by atoms with Gasteiger partial charge in [-0.05, 0) is 55.6 Å². The Morgan fingerprint density at radius 3 is 2.50 bits per heavy atom. The Hall–Kier alpha value is -0.850. The van der Waals surface area contributed by atoms with Gasteiger partial charge in [-0.15, -0.1) is 24.0 Å². The molecule has 2 aliphatic rings. The van der Waals surface area contributed by atoms with Crippen LogP contribution < -0.4 is 10.6 Å². The molecule has 2 N–H and O–H groups in total. The van der Waals surface area contributed by atoms with E-state index in [0.29, 0.717) is 0 Å². The molecule has 3 rings (SSSR count). The van der Waals surface area contributed by atoms with Crippen LogP contribution in [0, 0.1) is 17.8 Å². The maximum Gasteiger partial charge on any atom is 0.190 e. The van der Waals surface area contributed by atoms with Crippen molar-refractivity contribution in [2.24, 2.45) is 22.7 Å². The summed E-state index contributed by atoms with van der Waals surface area (Å²) in [6.45, 7) is 1.95. The first-order valence-corrected chi connectivity index (χ1v) is 8.21. The van der Waals surface area contributed by atoms with Crippen LogP contribution in [0.25, 0.3) is 0 Å². The first kappa shape index (κ1) is 17.5. The summed E-state index contributed by atoms with van der Waals surface area (Å²) < 4.78 is 0. The summed E-state index contributed by atoms with van der Waals surface area (Å²) >= 11 is 0. The van der Waals surface area contributed by atoms with Crippen LogP contribution in [0.15, 0.2) is 29.4 Å². The van der Waals surface area contributed by atoms with E-state index in [9.17, 15) is 0 Å². The van der Waals surface area contributed by atoms with Gasteiger partial charge in [-0.25, -0.2) is 0 Å². The van der Waals surface area contributed by atoms with Gasteiger partial charge in [0.25, 0.3) is 0 Å². The molecule has 0 radical (unpaired) electrons. The highest BCUT2D eigenvalue weighted by Gasteiger charge is 2.41. The number of rotatable bonds is 7. The smallest absolute Gasteiger partial charge is 0.190 e. The van der Waals surface area contributed by atoms with Crippen LogP contribution in [0.1, 0.15) is 31.4 Å². The molecule has 122 valence electrons. The molecule has 0 amide bonds. The number of guanidine groups is 1. The van der Waals surface area contributed by atoms with Crippen molar-refractivity contribution in [2.75, 3.05) is 20.1 Å². The Labute approximate surface area is 150 Å². The lowest BCUT2D eigenvalue weighted by atomic mass is 9.98. The molecule has 22 heavy (non-hydrogen) atoms. The average Bonchev–Trinajstić information content (AvgIpc) is 3.39. The molecule has 5 heteroatoms. The van der Waals surface area contributed by atoms with Crippen molar-refractivity contribution in [3.05, 3.63) is 30.1 Å². The zero-order valence-corrected chi connectivity index (χ0v) is 15.6. The Bertz CT molecular complexity index is 457. The van der Waals surface area contributed by atoms with Gasteiger partial charge in [0, 0.05) is 38.4 Å². The van der Waals surface area contributed by atoms with Crippen LogP contribution in [0.3, 0.4) is 0 Å². The van der Waals surface area contributed by atoms with E-state index in [1.807, 2.05) is 25.4 Å². The summed E-state index contributed by atoms with van der Waals surface area (Å²) in [5, 5.41) is 6.91. The summed E-state index contributed by atoms with van der Waals surface area (Å²) in [6, 6.07) is 6.05. The lowest BCUT2D eigenvalue weighted by Crippen LogP contribution is -2.41. The van der Waals surface area contributed by atoms with Gasteiger partial charge in [-0.3, -0.25) is 9.98 Å². The molecule has 0 saturated heterocycles. The fraction of sp³-hybridized carbons (Fsp3) is 0.647. The van der Waals surface area contributed by atoms with Crippen LogP contribution in [-0.4, -0.2) is 31.1 Å². The van der Waals surface area contributed by atoms with Gasteiger partial charge in [0.05, 0.1) is 0 Å². The molecule has 0 bridgehead atoms. The molecule has 0 atom stereocenters. The number of nitrogens with one attached hydrogen (secondary N) is 2. The number of hydrogen-bond donors (Lipinski definition) is 2. The quantitative estimate of drug-likeness (QED) is 0.410. The zero-order chi connectivity index (χ0) is 14.5. The molecular weight excluding hydrogens is 387 g/mol. The molecule has 2 aliphatic carbocycles. The third-order valence-electron chi connectivity index (χ3n) is 4.58. The van der Waals surface area contributed by atoms with Crippen molar-refractivity contribution in [3.63, 3.8) is 0 Å². The Morgan fingerprint density at radius 2 is 1.95 bits per heavy atom. The van der Waals surface area contributed by atoms with Gasteiger partial charge in [0.2, 0.25) is 0 Å². The van der Waals surface area contributed by atoms with Crippen molar-refractivity contribution in [2.45, 2.75) is 32.1 Å². The van der Waals surface area contributed by atoms with Crippen LogP contribution in [0.5, 0.6) is 0 Å². The van der Waals surface area contributed by atoms with Crippen molar-refractivity contribution < 1.29 is 0 Å². The maximum atomic E-state index is 4.34. The van der Waals surface area contributed by atoms with Crippen molar-refractivity contribution >= 4 is 29.9 Å². The number of halogens is 1. The first-order chi connectivity index (χ1) is 10.4. The van der Waals surface area contributed by atoms with Crippen LogP contribution in [0.2, 0.25) is 0 Å². The maximum absolute atomic E-state index is 4.34. The van der Waals surface area contributed by atoms with Crippen LogP contribution >= 0.6 is 24.0 Å². The van der Waals surface area contributed by atoms with E-state index in [4.69, 9.17) is 0 Å². The Morgan fingerprint density at radius 1 is 1.23 bits per heavy atom. The number of aliphatic imine (C=N–C) groups is 1. The molecule has 0 aromatic carbocycles. The fourth-order valence-corrected chi connectivity index (χ4v) is 3.06. The summed E-state index contributed by atoms with van der Waals surface area (Å²) in [4.78, 5) is 8.66. The predicted octanol–water partition coefficient (Wildman–Crippen LogP) is 2.84. The standard InChI is InChI=1S/C17H26N4.HI/c1-18-17(20-11-9-15-4-2-3-10-19-15)21-12-16(13-5-6-13)14-7-8-14;/h2-4,10,13-14,16H,5-9,11-12H2,1H3,(H2,18,20,21);1H. The highest BCUT2D eigenvalue weighted by atomic mass is 127. The van der Waals surface area contributed by atoms with E-state index >= 15 is 0 Å². The highest BCUT2D eigenvalue weighted by Crippen LogP contribution is 2.48. The summed E-state index contributed by atoms with van der Waals surface area (Å²) in [7, 11) is 1.85. The summed E-state index contributed by atoms with van der Waals surface area (Å²) in [5.41, 5.74) is 1.12. The van der Waals surface area contributed by atoms with Crippen molar-refractivity contribution in [3.8, 4) is 0 Å². The molecular formula is C17H27IN4. The topological polar surface area (TPSA) is 49.3 Å². The molecule has 0 spiro atoms. The van der Waals surface area contributed by atoms with Crippen LogP contribution in [-0.2, 0) is 6.42 Å². The summed E-state index contributed by atoms with van der Waals surface area (Å²) in [6.07, 6.45) is 8.53. The zero-order valence-electron chi connectivity index (χ0n) is 13.3. The molecule has 1 aromatic rings. The lowest BCUT2D eigenvalue weighted by molar-refractivity contribution is 0.400. The van der Waals surface area contributed by atoms with Gasteiger partial charge in [0.15, 0.2) is 5.96 Å². The molecule has 2 saturated carbocycles. The van der Waals surface area contributed by atoms with E-state index in [0.717, 1.165) is 48.9 Å². The SMILES string of the molecule is CN=C(NCCc1ccccn1)NCC(C1CC1)C1CC1.I. The number of aromatic nitrogens is 1. The van der Waals surface area contributed by atoms with Gasteiger partial charge in [0.1, 0.15) is 0 Å². The second-order valence-corrected chi connectivity index (χ2v) is 6.29. The van der Waals surface area contributed by atoms with E-state index in [1.54, 1.807) is 0 Å². The molecule has 1 heterocycles. The molecule has 0 unspecified atom stereocenters. The van der Waals surface area contributed by atoms with Crippen molar-refractivity contribution in [1.29, 1.82) is 0 Å². The first-order valence-electron chi connectivity index (χ1n) is 8.21. The van der Waals surface area contributed by atoms with Gasteiger partial charge in [-0.1, -0.05) is 6.07 Å². The van der Waals surface area contributed by atoms with Gasteiger partial charge in [-0.2, -0.15) is 0 Å². The number of nitrogens with zero attached hydrogens (tertiary/aromatic N) is 2. The fourth-order valence-electron chi connectivity index (χ4n) is 3.06. The molecule has 4 nitrogen and oxygen atoms in total. The van der Waals surface area contributed by atoms with E-state index in [1.165, 1.54) is 25.7 Å². The number of pyridine rings is 1. The minimum absolute atomic E-state index is 0. The van der Waals surface area contributed by atoms with Crippen molar-refractivity contribution in [1.82, 2.24) is 15.6 Å². The highest BCUT2D eigenvalue weighted by molar-refractivity contribution is 14.0. The molecule has 0 aliphatic heterocycles. The minimum atomic E-state index is 0. The van der Waals surface area contributed by atoms with Crippen LogP contribution in [0.4, 0.5) is 0 Å². The van der Waals surface area contributed by atoms with Gasteiger partial charge >= 0.3 is 0 Å². The average molecular weight is 414 g/mol. The normalized spacial score (nSPS) is 18.0. The van der Waals surface area contributed by atoms with E-state index in [2.05, 4.69) is 26.7 Å². The third kappa shape index (κ3) is 5.41. The number of hydrogen-bond acceptors (Lipinski definition) is 2. The second-order valence-electron chi connectivity index (χ2n) is 6.29. The van der Waals surface area contributed by atoms with E-state index in [-0.39, 0.29) is 24.0 Å². The molecule has 1 aromatic heterocycles. The van der Waals surface area contributed by atoms with Gasteiger partial charge < -0.3 is 10.6 Å². The predicted molar refractivity (Wildman–Crippen MR) is 102 cm³/mol. The lowest BCUT2D eigenvalue weighted by Gasteiger charge is -2.18. The third-order valence-corrected chi connectivity index (χ3v) is 4.58. The molecule has 2 fully saturated rings. The Kier molecular flexibility index (Phi) is 6.92. The van der Waals surface area contributed by atoms with E-state index < -0.39 is 0 Å². The Balaban J connectivity index is 0.00000176. The summed E-state index contributed by atoms with van der Waals surface area (Å²) in [5.74, 6) is 3.77. The second kappa shape index (κ2) is 8.70. The minimum Gasteiger partial charge on any atom is -0.356 e.